The summed E-state index contributed by atoms with van der Waals surface area (Å²) < 4.78 is 44.9. The van der Waals surface area contributed by atoms with Gasteiger partial charge in [0.05, 0.1) is 35.6 Å². The van der Waals surface area contributed by atoms with Crippen LogP contribution in [-0.2, 0) is 30.0 Å². The topological polar surface area (TPSA) is 200 Å². The largest absolute Gasteiger partial charge is 0.524 e. The lowest BCUT2D eigenvalue weighted by Gasteiger charge is -2.62. The molecule has 13 nitrogen and oxygen atoms in total. The number of allylic oxidation sites excluding steroid dienone is 4. The number of carbonyl (C=O) groups excluding carboxylic acids is 2. The average Bonchev–Trinajstić information content (AvgIpc) is 3.25. The second-order valence-corrected chi connectivity index (χ2v) is 18.2. The summed E-state index contributed by atoms with van der Waals surface area (Å²) in [6.45, 7) is 15.3. The number of Topliss-reactive ketones (excluding diaryl/α,β-unsaturated/α-hetero) is 1. The molecule has 1 aromatic carbocycles. The number of carbonyl (C=O) groups is 2. The van der Waals surface area contributed by atoms with Crippen molar-refractivity contribution in [3.63, 3.8) is 0 Å². The van der Waals surface area contributed by atoms with E-state index in [-0.39, 0.29) is 58.4 Å². The summed E-state index contributed by atoms with van der Waals surface area (Å²) in [5.41, 5.74) is 5.66. The summed E-state index contributed by atoms with van der Waals surface area (Å²) >= 11 is 0. The molecule has 7 atom stereocenters. The molecule has 0 aromatic heterocycles. The molecule has 1 aromatic rings. The Bertz CT molecular complexity index is 2230. The number of nitrogens with zero attached hydrogens (tertiary/aromatic N) is 2. The highest BCUT2D eigenvalue weighted by Crippen LogP contribution is 2.74. The first-order valence-corrected chi connectivity index (χ1v) is 20.5. The fraction of sp³-hybridized carbons (Fsp3) is 0.524. The number of phosphoric acid groups is 1. The van der Waals surface area contributed by atoms with E-state index in [2.05, 4.69) is 12.1 Å². The first-order chi connectivity index (χ1) is 26.1. The van der Waals surface area contributed by atoms with E-state index in [0.29, 0.717) is 36.1 Å². The lowest BCUT2D eigenvalue weighted by molar-refractivity contribution is -0.183. The van der Waals surface area contributed by atoms with Gasteiger partial charge in [0.2, 0.25) is 0 Å². The lowest BCUT2D eigenvalue weighted by atomic mass is 9.44. The summed E-state index contributed by atoms with van der Waals surface area (Å²) in [6, 6.07) is 2.29. The van der Waals surface area contributed by atoms with Gasteiger partial charge in [-0.1, -0.05) is 29.4 Å². The number of phosphoric ester groups is 1. The highest BCUT2D eigenvalue weighted by Gasteiger charge is 2.84. The van der Waals surface area contributed by atoms with Gasteiger partial charge in [-0.2, -0.15) is 5.26 Å². The molecular formula is C42H50N3O10P. The van der Waals surface area contributed by atoms with Crippen LogP contribution in [-0.4, -0.2) is 56.9 Å². The zero-order valence-electron chi connectivity index (χ0n) is 33.3. The van der Waals surface area contributed by atoms with Gasteiger partial charge in [-0.25, -0.2) is 14.4 Å². The maximum absolute atomic E-state index is 15.2. The number of aliphatic imine (C=N–C) groups is 1. The van der Waals surface area contributed by atoms with E-state index in [4.69, 9.17) is 34.2 Å². The van der Waals surface area contributed by atoms with Crippen LogP contribution < -0.4 is 19.7 Å². The third-order valence-electron chi connectivity index (χ3n) is 12.3. The monoisotopic (exact) mass is 787 g/mol. The number of rotatable bonds is 10. The van der Waals surface area contributed by atoms with Crippen molar-refractivity contribution in [2.45, 2.75) is 110 Å². The summed E-state index contributed by atoms with van der Waals surface area (Å²) in [7, 11) is -3.97. The van der Waals surface area contributed by atoms with Gasteiger partial charge >= 0.3 is 13.8 Å². The zero-order chi connectivity index (χ0) is 40.9. The van der Waals surface area contributed by atoms with Gasteiger partial charge in [-0.3, -0.25) is 14.6 Å². The molecule has 4 fully saturated rings. The molecule has 298 valence electrons. The van der Waals surface area contributed by atoms with E-state index in [9.17, 15) is 24.4 Å². The van der Waals surface area contributed by atoms with Crippen LogP contribution in [0.5, 0.6) is 17.2 Å². The van der Waals surface area contributed by atoms with Gasteiger partial charge < -0.3 is 29.2 Å². The third-order valence-corrected chi connectivity index (χ3v) is 12.7. The molecule has 56 heavy (non-hydrogen) atoms. The second kappa shape index (κ2) is 13.3. The van der Waals surface area contributed by atoms with E-state index >= 15 is 4.79 Å². The number of hydrogen-bond acceptors (Lipinski definition) is 11. The van der Waals surface area contributed by atoms with Gasteiger partial charge in [0, 0.05) is 40.9 Å². The van der Waals surface area contributed by atoms with Crippen molar-refractivity contribution in [1.82, 2.24) is 0 Å². The Labute approximate surface area is 327 Å². The van der Waals surface area contributed by atoms with Crippen molar-refractivity contribution >= 4 is 37.2 Å². The number of ketones is 1. The maximum Gasteiger partial charge on any atom is 0.524 e. The van der Waals surface area contributed by atoms with E-state index < -0.39 is 59.9 Å². The average molecular weight is 788 g/mol. The van der Waals surface area contributed by atoms with Crippen LogP contribution in [0.3, 0.4) is 0 Å². The molecule has 7 aliphatic rings. The van der Waals surface area contributed by atoms with E-state index in [0.717, 1.165) is 11.1 Å². The van der Waals surface area contributed by atoms with Crippen molar-refractivity contribution in [2.75, 3.05) is 7.11 Å². The summed E-state index contributed by atoms with van der Waals surface area (Å²) in [4.78, 5) is 53.7. The minimum atomic E-state index is -5.25. The molecule has 0 amide bonds. The SMILES string of the molecule is COC(=O)C(C)=CCC12OC(C)(C)C3CC(C1=O)C1C4=C(N=C(N)C1C#N)c1c(OP(=O)(O)O)c5c(c(CC=C(C)C)c1OC432)OC(C)(CCC=C(C)C)C=C5. The fourth-order valence-electron chi connectivity index (χ4n) is 9.96. The van der Waals surface area contributed by atoms with Crippen molar-refractivity contribution in [1.29, 1.82) is 5.26 Å². The number of hydrogen-bond donors (Lipinski definition) is 3. The van der Waals surface area contributed by atoms with E-state index in [1.165, 1.54) is 7.11 Å². The van der Waals surface area contributed by atoms with Crippen LogP contribution in [0.1, 0.15) is 97.8 Å². The number of nitriles is 1. The van der Waals surface area contributed by atoms with Crippen LogP contribution in [0, 0.1) is 35.0 Å². The Morgan fingerprint density at radius 2 is 1.80 bits per heavy atom. The zero-order valence-corrected chi connectivity index (χ0v) is 34.2. The van der Waals surface area contributed by atoms with Gasteiger partial charge in [0.1, 0.15) is 28.9 Å². The van der Waals surface area contributed by atoms with Gasteiger partial charge in [-0.15, -0.1) is 0 Å². The molecule has 4 heterocycles. The summed E-state index contributed by atoms with van der Waals surface area (Å²) in [5, 5.41) is 10.6. The van der Waals surface area contributed by atoms with Gasteiger partial charge in [0.25, 0.3) is 0 Å². The normalized spacial score (nSPS) is 31.5. The maximum atomic E-state index is 15.2. The standard InChI is InChI=1S/C42H50N3O10P/c1-21(2)11-10-16-40(8)17-15-25-33(52-40)24(13-12-22(3)4)34-30(35(25)54-56(48,49)50)32-31-29(27(20-43)37(44)45-32)26-19-28-39(6,7)55-41(36(26)46,42(28,31)53-34)18-14-23(5)38(47)51-9/h11-12,14-15,17,26-29H,10,13,16,18-19H2,1-9H3,(H2,44,45)(H2,48,49,50). The van der Waals surface area contributed by atoms with Crippen LogP contribution in [0.25, 0.3) is 11.8 Å². The van der Waals surface area contributed by atoms with Crippen LogP contribution in [0.4, 0.5) is 0 Å². The van der Waals surface area contributed by atoms with Gasteiger partial charge in [0.15, 0.2) is 22.7 Å². The number of esters is 1. The highest BCUT2D eigenvalue weighted by molar-refractivity contribution is 7.46. The molecule has 4 N–H and O–H groups in total. The molecule has 1 spiro atoms. The number of benzene rings is 1. The molecule has 4 bridgehead atoms. The Morgan fingerprint density at radius 3 is 2.43 bits per heavy atom. The number of nitrogens with two attached hydrogens (primary N) is 1. The second-order valence-electron chi connectivity index (χ2n) is 17.0. The molecule has 1 saturated heterocycles. The molecule has 3 saturated carbocycles. The number of methoxy groups -OCH3 is 1. The molecule has 7 unspecified atom stereocenters. The molecule has 8 rings (SSSR count). The predicted octanol–water partition coefficient (Wildman–Crippen LogP) is 6.82. The van der Waals surface area contributed by atoms with Crippen molar-refractivity contribution in [3.8, 4) is 23.3 Å². The van der Waals surface area contributed by atoms with Gasteiger partial charge in [-0.05, 0) is 93.2 Å². The van der Waals surface area contributed by atoms with Crippen LogP contribution >= 0.6 is 7.82 Å². The molecule has 4 aliphatic heterocycles. The van der Waals surface area contributed by atoms with E-state index in [1.807, 2.05) is 60.6 Å². The van der Waals surface area contributed by atoms with Crippen molar-refractivity contribution in [3.05, 3.63) is 63.3 Å². The quantitative estimate of drug-likeness (QED) is 0.0969. The first-order valence-electron chi connectivity index (χ1n) is 19.0. The number of ether oxygens (including phenoxy) is 4. The van der Waals surface area contributed by atoms with Crippen LogP contribution in [0.2, 0.25) is 0 Å². The molecular weight excluding hydrogens is 737 g/mol. The highest BCUT2D eigenvalue weighted by atomic mass is 31.2. The minimum Gasteiger partial charge on any atom is -0.482 e. The summed E-state index contributed by atoms with van der Waals surface area (Å²) in [6.07, 6.45) is 11.2. The van der Waals surface area contributed by atoms with Crippen LogP contribution in [0.15, 0.2) is 51.6 Å². The van der Waals surface area contributed by atoms with Crippen molar-refractivity contribution < 1.29 is 47.4 Å². The minimum absolute atomic E-state index is 0.0352. The van der Waals surface area contributed by atoms with Crippen molar-refractivity contribution in [2.24, 2.45) is 34.4 Å². The fourth-order valence-corrected chi connectivity index (χ4v) is 10.4. The third kappa shape index (κ3) is 5.82. The Hall–Kier alpha value is -4.47. The summed E-state index contributed by atoms with van der Waals surface area (Å²) in [5.74, 6) is -3.63. The number of fused-ring (bicyclic) bond motifs is 3. The smallest absolute Gasteiger partial charge is 0.482 e. The Balaban J connectivity index is 1.60. The molecule has 3 aliphatic carbocycles. The Kier molecular flexibility index (Phi) is 9.44. The Morgan fingerprint density at radius 1 is 1.11 bits per heavy atom. The molecule has 14 heteroatoms. The predicted molar refractivity (Wildman–Crippen MR) is 208 cm³/mol. The lowest BCUT2D eigenvalue weighted by Crippen LogP contribution is -2.75. The first kappa shape index (κ1) is 39.8. The number of amidine groups is 1. The van der Waals surface area contributed by atoms with E-state index in [1.54, 1.807) is 19.1 Å². The molecule has 0 radical (unpaired) electrons.